The van der Waals surface area contributed by atoms with Crippen LogP contribution in [0.25, 0.3) is 0 Å². The van der Waals surface area contributed by atoms with Gasteiger partial charge in [-0.05, 0) is 38.8 Å². The third-order valence-electron chi connectivity index (χ3n) is 3.68. The maximum Gasteiger partial charge on any atom is 0.257 e. The van der Waals surface area contributed by atoms with Gasteiger partial charge in [-0.3, -0.25) is 0 Å². The first-order chi connectivity index (χ1) is 8.65. The van der Waals surface area contributed by atoms with Gasteiger partial charge in [-0.2, -0.15) is 0 Å². The molecule has 1 aromatic heterocycles. The Kier molecular flexibility index (Phi) is 3.13. The van der Waals surface area contributed by atoms with Gasteiger partial charge in [-0.1, -0.05) is 0 Å². The smallest absolute Gasteiger partial charge is 0.257 e. The van der Waals surface area contributed by atoms with Crippen LogP contribution < -0.4 is 4.72 Å². The molecule has 2 heterocycles. The van der Waals surface area contributed by atoms with E-state index >= 15 is 0 Å². The van der Waals surface area contributed by atoms with Crippen molar-refractivity contribution < 1.29 is 8.42 Å². The molecule has 7 heteroatoms. The largest absolute Gasteiger partial charge is 0.335 e. The van der Waals surface area contributed by atoms with E-state index in [-0.39, 0.29) is 11.1 Å². The monoisotopic (exact) mass is 270 g/mol. The van der Waals surface area contributed by atoms with Crippen molar-refractivity contribution in [1.29, 1.82) is 0 Å². The van der Waals surface area contributed by atoms with E-state index in [9.17, 15) is 8.42 Å². The van der Waals surface area contributed by atoms with Gasteiger partial charge in [0.1, 0.15) is 0 Å². The minimum Gasteiger partial charge on any atom is -0.335 e. The fraction of sp³-hybridized carbons (Fsp3) is 0.727. The van der Waals surface area contributed by atoms with Gasteiger partial charge in [-0.15, -0.1) is 0 Å². The van der Waals surface area contributed by atoms with E-state index < -0.39 is 10.0 Å². The number of sulfonamides is 1. The zero-order chi connectivity index (χ0) is 12.6. The molecule has 100 valence electrons. The number of hydrogen-bond acceptors (Lipinski definition) is 4. The minimum absolute atomic E-state index is 0.0494. The molecule has 0 spiro atoms. The highest BCUT2D eigenvalue weighted by Gasteiger charge is 2.33. The highest BCUT2D eigenvalue weighted by Crippen LogP contribution is 2.29. The van der Waals surface area contributed by atoms with Crippen molar-refractivity contribution in [3.8, 4) is 0 Å². The van der Waals surface area contributed by atoms with E-state index in [2.05, 4.69) is 19.6 Å². The van der Waals surface area contributed by atoms with Gasteiger partial charge in [0, 0.05) is 12.1 Å². The van der Waals surface area contributed by atoms with Gasteiger partial charge >= 0.3 is 0 Å². The first-order valence-electron chi connectivity index (χ1n) is 6.40. The standard InChI is InChI=1S/C11H18N4O2S/c16-18(17,11-7-12-8-13-11)14-9-3-5-15(6-4-9)10-1-2-10/h7-10,14H,1-6H2,(H,12,13). The Hall–Kier alpha value is -0.920. The first-order valence-corrected chi connectivity index (χ1v) is 7.88. The second-order valence-corrected chi connectivity index (χ2v) is 6.76. The molecule has 6 nitrogen and oxygen atoms in total. The van der Waals surface area contributed by atoms with Crippen LogP contribution in [0, 0.1) is 0 Å². The van der Waals surface area contributed by atoms with Crippen LogP contribution in [0.5, 0.6) is 0 Å². The Morgan fingerprint density at radius 2 is 2.00 bits per heavy atom. The number of piperidine rings is 1. The summed E-state index contributed by atoms with van der Waals surface area (Å²) in [7, 11) is -3.43. The average Bonchev–Trinajstić information content (AvgIpc) is 3.04. The molecule has 1 saturated heterocycles. The fourth-order valence-corrected chi connectivity index (χ4v) is 3.70. The number of rotatable bonds is 4. The maximum absolute atomic E-state index is 12.0. The number of hydrogen-bond donors (Lipinski definition) is 2. The lowest BCUT2D eigenvalue weighted by Gasteiger charge is -2.32. The normalized spacial score (nSPS) is 23.3. The molecular weight excluding hydrogens is 252 g/mol. The van der Waals surface area contributed by atoms with E-state index in [1.807, 2.05) is 0 Å². The van der Waals surface area contributed by atoms with E-state index in [1.54, 1.807) is 0 Å². The van der Waals surface area contributed by atoms with Crippen molar-refractivity contribution >= 4 is 10.0 Å². The number of aromatic nitrogens is 2. The minimum atomic E-state index is -3.43. The SMILES string of the molecule is O=S(=O)(NC1CCN(C2CC2)CC1)c1cnc[nH]1. The number of imidazole rings is 1. The van der Waals surface area contributed by atoms with Gasteiger partial charge in [0.05, 0.1) is 12.5 Å². The van der Waals surface area contributed by atoms with Crippen LogP contribution in [0.2, 0.25) is 0 Å². The van der Waals surface area contributed by atoms with Crippen molar-refractivity contribution in [2.24, 2.45) is 0 Å². The lowest BCUT2D eigenvalue weighted by Crippen LogP contribution is -2.45. The zero-order valence-electron chi connectivity index (χ0n) is 10.2. The number of nitrogens with one attached hydrogen (secondary N) is 2. The predicted octanol–water partition coefficient (Wildman–Crippen LogP) is 0.315. The molecule has 1 aliphatic carbocycles. The summed E-state index contributed by atoms with van der Waals surface area (Å²) in [6.07, 6.45) is 7.12. The van der Waals surface area contributed by atoms with E-state index in [0.717, 1.165) is 32.0 Å². The number of nitrogens with zero attached hydrogens (tertiary/aromatic N) is 2. The summed E-state index contributed by atoms with van der Waals surface area (Å²) in [4.78, 5) is 8.85. The molecule has 18 heavy (non-hydrogen) atoms. The molecule has 3 rings (SSSR count). The molecule has 1 saturated carbocycles. The second kappa shape index (κ2) is 4.64. The lowest BCUT2D eigenvalue weighted by atomic mass is 10.1. The Morgan fingerprint density at radius 1 is 1.28 bits per heavy atom. The summed E-state index contributed by atoms with van der Waals surface area (Å²) < 4.78 is 26.7. The molecule has 1 aliphatic heterocycles. The highest BCUT2D eigenvalue weighted by molar-refractivity contribution is 7.89. The molecular formula is C11H18N4O2S. The molecule has 0 aromatic carbocycles. The molecule has 0 atom stereocenters. The van der Waals surface area contributed by atoms with E-state index in [4.69, 9.17) is 0 Å². The van der Waals surface area contributed by atoms with Crippen molar-refractivity contribution in [3.05, 3.63) is 12.5 Å². The van der Waals surface area contributed by atoms with Crippen LogP contribution in [-0.2, 0) is 10.0 Å². The second-order valence-electron chi connectivity index (χ2n) is 5.08. The molecule has 0 bridgehead atoms. The summed E-state index contributed by atoms with van der Waals surface area (Å²) in [5.74, 6) is 0. The lowest BCUT2D eigenvalue weighted by molar-refractivity contribution is 0.199. The van der Waals surface area contributed by atoms with Gasteiger partial charge < -0.3 is 9.88 Å². The van der Waals surface area contributed by atoms with Crippen molar-refractivity contribution in [3.63, 3.8) is 0 Å². The van der Waals surface area contributed by atoms with Crippen molar-refractivity contribution in [2.75, 3.05) is 13.1 Å². The summed E-state index contributed by atoms with van der Waals surface area (Å²) in [5.41, 5.74) is 0. The zero-order valence-corrected chi connectivity index (χ0v) is 11.0. The molecule has 0 amide bonds. The predicted molar refractivity (Wildman–Crippen MR) is 66.5 cm³/mol. The van der Waals surface area contributed by atoms with Gasteiger partial charge in [-0.25, -0.2) is 18.1 Å². The first kappa shape index (κ1) is 12.1. The summed E-state index contributed by atoms with van der Waals surface area (Å²) in [5, 5.41) is 0.145. The average molecular weight is 270 g/mol. The quantitative estimate of drug-likeness (QED) is 0.825. The molecule has 2 fully saturated rings. The molecule has 0 unspecified atom stereocenters. The summed E-state index contributed by atoms with van der Waals surface area (Å²) in [6.45, 7) is 2.00. The van der Waals surface area contributed by atoms with Gasteiger partial charge in [0.2, 0.25) is 0 Å². The van der Waals surface area contributed by atoms with Crippen LogP contribution in [0.1, 0.15) is 25.7 Å². The number of H-pyrrole nitrogens is 1. The summed E-state index contributed by atoms with van der Waals surface area (Å²) in [6, 6.07) is 0.823. The van der Waals surface area contributed by atoms with Crippen molar-refractivity contribution in [2.45, 2.75) is 42.8 Å². The molecule has 1 aromatic rings. The van der Waals surface area contributed by atoms with Crippen LogP contribution in [0.4, 0.5) is 0 Å². The van der Waals surface area contributed by atoms with Gasteiger partial charge in [0.25, 0.3) is 10.0 Å². The molecule has 2 N–H and O–H groups in total. The van der Waals surface area contributed by atoms with Crippen LogP contribution in [0.3, 0.4) is 0 Å². The van der Waals surface area contributed by atoms with Crippen LogP contribution in [-0.4, -0.2) is 48.5 Å². The fourth-order valence-electron chi connectivity index (χ4n) is 2.50. The van der Waals surface area contributed by atoms with Crippen molar-refractivity contribution in [1.82, 2.24) is 19.6 Å². The van der Waals surface area contributed by atoms with E-state index in [0.29, 0.717) is 0 Å². The Morgan fingerprint density at radius 3 is 2.56 bits per heavy atom. The van der Waals surface area contributed by atoms with E-state index in [1.165, 1.54) is 25.4 Å². The number of likely N-dealkylation sites (tertiary alicyclic amines) is 1. The Labute approximate surface area is 107 Å². The third kappa shape index (κ3) is 2.57. The summed E-state index contributed by atoms with van der Waals surface area (Å²) >= 11 is 0. The maximum atomic E-state index is 12.0. The highest BCUT2D eigenvalue weighted by atomic mass is 32.2. The Bertz CT molecular complexity index is 487. The topological polar surface area (TPSA) is 78.1 Å². The number of aromatic amines is 1. The Balaban J connectivity index is 1.57. The van der Waals surface area contributed by atoms with Gasteiger partial charge in [0.15, 0.2) is 5.03 Å². The molecule has 2 aliphatic rings. The van der Waals surface area contributed by atoms with Crippen LogP contribution in [0.15, 0.2) is 17.6 Å². The molecule has 0 radical (unpaired) electrons. The third-order valence-corrected chi connectivity index (χ3v) is 5.12. The van der Waals surface area contributed by atoms with Crippen LogP contribution >= 0.6 is 0 Å².